The number of allylic oxidation sites excluding steroid dienone is 1. The number of amides is 3. The number of thiazole rings is 1. The summed E-state index contributed by atoms with van der Waals surface area (Å²) in [4.78, 5) is 57.5. The van der Waals surface area contributed by atoms with Gasteiger partial charge in [-0.2, -0.15) is 0 Å². The number of benzene rings is 2. The third-order valence-electron chi connectivity index (χ3n) is 9.95. The lowest BCUT2D eigenvalue weighted by atomic mass is 10.1. The van der Waals surface area contributed by atoms with Crippen molar-refractivity contribution >= 4 is 51.4 Å². The molecule has 0 radical (unpaired) electrons. The van der Waals surface area contributed by atoms with E-state index in [-0.39, 0.29) is 28.5 Å². The van der Waals surface area contributed by atoms with Crippen LogP contribution in [0.5, 0.6) is 5.75 Å². The first kappa shape index (κ1) is 43.5. The molecule has 3 N–H and O–H groups in total. The number of hydrogen-bond acceptors (Lipinski definition) is 9. The Morgan fingerprint density at radius 2 is 1.86 bits per heavy atom. The molecule has 2 aliphatic carbocycles. The Hall–Kier alpha value is -4.66. The van der Waals surface area contributed by atoms with Gasteiger partial charge in [0.25, 0.3) is 5.91 Å². The van der Waals surface area contributed by atoms with Gasteiger partial charge in [0.15, 0.2) is 11.5 Å². The van der Waals surface area contributed by atoms with Crippen molar-refractivity contribution < 1.29 is 28.1 Å². The van der Waals surface area contributed by atoms with E-state index >= 15 is 0 Å². The second kappa shape index (κ2) is 21.2. The van der Waals surface area contributed by atoms with Gasteiger partial charge in [-0.1, -0.05) is 50.3 Å². The molecule has 12 nitrogen and oxygen atoms in total. The molecule has 1 aliphatic heterocycles. The molecule has 2 saturated carbocycles. The number of carbonyl (C=O) groups is 3. The molecule has 306 valence electrons. The van der Waals surface area contributed by atoms with E-state index in [1.54, 1.807) is 35.5 Å². The maximum Gasteiger partial charge on any atom is 0.257 e. The largest absolute Gasteiger partial charge is 0.496 e. The standard InChI is InChI=1S/C22H30N2O3.C17H18N2O2S.C4H7NO2S/c1-2-3-4-8-16-27-20(17-10-6-5-7-11-17)22(26)24-15-9-12-19(24)21(25)23-18-13-14-18;1-9(2)13-8-22-17(19-13)12-7-14(20)11-5-6-15(21-4)10(3)16(11)18-12;6-3-5-8(7)4-1-2-4/h2,5-7,10-11,18-20H,1,3-4,8-9,12-16H2,(H,23,25);5-9H,1-4H3,(H,18,20);3-4H,1-2H2,(H,5,6)/t19?,20-;;/m1../s1. The van der Waals surface area contributed by atoms with Crippen LogP contribution in [0.25, 0.3) is 21.6 Å². The highest BCUT2D eigenvalue weighted by molar-refractivity contribution is 7.84. The molecule has 3 heterocycles. The first-order chi connectivity index (χ1) is 27.6. The first-order valence-corrected chi connectivity index (χ1v) is 21.8. The van der Waals surface area contributed by atoms with E-state index in [9.17, 15) is 23.4 Å². The Bertz CT molecular complexity index is 2060. The quantitative estimate of drug-likeness (QED) is 0.0618. The molecular weight excluding hydrogens is 763 g/mol. The van der Waals surface area contributed by atoms with Crippen LogP contribution >= 0.6 is 11.3 Å². The van der Waals surface area contributed by atoms with Gasteiger partial charge in [-0.15, -0.1) is 17.9 Å². The van der Waals surface area contributed by atoms with Crippen molar-refractivity contribution in [2.45, 2.75) is 108 Å². The number of aryl methyl sites for hydroxylation is 1. The highest BCUT2D eigenvalue weighted by Gasteiger charge is 2.39. The second-order valence-corrected chi connectivity index (χ2v) is 17.1. The number of aromatic amines is 1. The Morgan fingerprint density at radius 1 is 1.11 bits per heavy atom. The van der Waals surface area contributed by atoms with Crippen LogP contribution in [-0.2, 0) is 30.1 Å². The monoisotopic (exact) mass is 817 g/mol. The van der Waals surface area contributed by atoms with Crippen LogP contribution in [0.3, 0.4) is 0 Å². The molecular formula is C43H55N5O7S2. The maximum atomic E-state index is 13.3. The Morgan fingerprint density at radius 3 is 2.49 bits per heavy atom. The van der Waals surface area contributed by atoms with Gasteiger partial charge in [-0.25, -0.2) is 9.19 Å². The Labute approximate surface area is 341 Å². The number of methoxy groups -OCH3 is 1. The molecule has 3 atom stereocenters. The van der Waals surface area contributed by atoms with Crippen LogP contribution in [0.2, 0.25) is 0 Å². The van der Waals surface area contributed by atoms with Crippen molar-refractivity contribution in [2.75, 3.05) is 20.3 Å². The summed E-state index contributed by atoms with van der Waals surface area (Å²) in [6.07, 6.45) is 10.2. The van der Waals surface area contributed by atoms with Crippen molar-refractivity contribution in [1.82, 2.24) is 24.9 Å². The Kier molecular flexibility index (Phi) is 16.2. The van der Waals surface area contributed by atoms with E-state index in [1.807, 2.05) is 54.8 Å². The van der Waals surface area contributed by atoms with Crippen LogP contribution in [0.4, 0.5) is 0 Å². The number of pyridine rings is 1. The summed E-state index contributed by atoms with van der Waals surface area (Å²) in [5.41, 5.74) is 4.38. The zero-order valence-electron chi connectivity index (χ0n) is 33.3. The van der Waals surface area contributed by atoms with Gasteiger partial charge in [-0.3, -0.25) is 23.9 Å². The number of aromatic nitrogens is 2. The van der Waals surface area contributed by atoms with Crippen LogP contribution in [0, 0.1) is 6.92 Å². The summed E-state index contributed by atoms with van der Waals surface area (Å²) in [5, 5.41) is 6.84. The summed E-state index contributed by atoms with van der Waals surface area (Å²) >= 11 is 1.55. The van der Waals surface area contributed by atoms with E-state index in [1.165, 1.54) is 0 Å². The molecule has 0 spiro atoms. The van der Waals surface area contributed by atoms with Gasteiger partial charge in [0.05, 0.1) is 29.3 Å². The molecule has 14 heteroatoms. The summed E-state index contributed by atoms with van der Waals surface area (Å²) in [6.45, 7) is 11.0. The predicted molar refractivity (Wildman–Crippen MR) is 227 cm³/mol. The molecule has 7 rings (SSSR count). The van der Waals surface area contributed by atoms with Crippen molar-refractivity contribution in [1.29, 1.82) is 0 Å². The van der Waals surface area contributed by atoms with E-state index in [2.05, 4.69) is 40.4 Å². The van der Waals surface area contributed by atoms with Gasteiger partial charge >= 0.3 is 0 Å². The summed E-state index contributed by atoms with van der Waals surface area (Å²) < 4.78 is 24.1. The normalized spacial score (nSPS) is 17.1. The molecule has 2 aromatic heterocycles. The number of ether oxygens (including phenoxy) is 2. The number of fused-ring (bicyclic) bond motifs is 1. The lowest BCUT2D eigenvalue weighted by molar-refractivity contribution is -0.148. The molecule has 1 saturated heterocycles. The highest BCUT2D eigenvalue weighted by atomic mass is 32.2. The number of likely N-dealkylation sites (tertiary alicyclic amines) is 1. The molecule has 3 amide bonds. The summed E-state index contributed by atoms with van der Waals surface area (Å²) in [6, 6.07) is 14.8. The number of H-pyrrole nitrogens is 1. The van der Waals surface area contributed by atoms with Gasteiger partial charge in [0, 0.05) is 41.6 Å². The van der Waals surface area contributed by atoms with E-state index in [0.717, 1.165) is 96.6 Å². The SMILES string of the molecule is C=CCCCCO[C@@H](C(=O)N1CCCC1C(=O)NC1CC1)c1ccccc1.COc1ccc2c(=O)cc(-c3nc(C(C)C)cs3)[nH]c2c1C.O=CNS(=O)C1CC1. The number of nitrogens with one attached hydrogen (secondary N) is 3. The maximum absolute atomic E-state index is 13.3. The molecule has 3 aliphatic rings. The highest BCUT2D eigenvalue weighted by Crippen LogP contribution is 2.30. The third kappa shape index (κ3) is 12.2. The summed E-state index contributed by atoms with van der Waals surface area (Å²) in [5.74, 6) is 1.03. The minimum Gasteiger partial charge on any atom is -0.496 e. The second-order valence-electron chi connectivity index (χ2n) is 14.7. The van der Waals surface area contributed by atoms with E-state index in [4.69, 9.17) is 9.47 Å². The fraction of sp³-hybridized carbons (Fsp3) is 0.465. The van der Waals surface area contributed by atoms with Crippen LogP contribution in [0.1, 0.15) is 100 Å². The van der Waals surface area contributed by atoms with Gasteiger partial charge in [0.2, 0.25) is 12.3 Å². The van der Waals surface area contributed by atoms with Gasteiger partial charge in [0.1, 0.15) is 27.8 Å². The minimum atomic E-state index is -1.08. The van der Waals surface area contributed by atoms with Crippen molar-refractivity contribution in [3.05, 3.63) is 93.6 Å². The molecule has 4 aromatic rings. The fourth-order valence-corrected chi connectivity index (χ4v) is 8.19. The number of unbranched alkanes of at least 4 members (excludes halogenated alkanes) is 2. The lowest BCUT2D eigenvalue weighted by Gasteiger charge is -2.28. The summed E-state index contributed by atoms with van der Waals surface area (Å²) in [7, 11) is 0.552. The van der Waals surface area contributed by atoms with Gasteiger partial charge < -0.3 is 24.7 Å². The topological polar surface area (TPSA) is 160 Å². The van der Waals surface area contributed by atoms with E-state index in [0.29, 0.717) is 36.9 Å². The Balaban J connectivity index is 0.000000185. The molecule has 2 aromatic carbocycles. The van der Waals surface area contributed by atoms with E-state index < -0.39 is 17.1 Å². The molecule has 57 heavy (non-hydrogen) atoms. The fourth-order valence-electron chi connectivity index (χ4n) is 6.38. The number of carbonyl (C=O) groups excluding carboxylic acids is 3. The van der Waals surface area contributed by atoms with Crippen LogP contribution < -0.4 is 20.2 Å². The van der Waals surface area contributed by atoms with Crippen molar-refractivity contribution in [2.24, 2.45) is 0 Å². The van der Waals surface area contributed by atoms with Crippen molar-refractivity contribution in [3.8, 4) is 16.5 Å². The predicted octanol–water partition coefficient (Wildman–Crippen LogP) is 7.02. The minimum absolute atomic E-state index is 0.00389. The van der Waals surface area contributed by atoms with Crippen LogP contribution in [-0.4, -0.2) is 74.9 Å². The zero-order valence-corrected chi connectivity index (χ0v) is 34.9. The number of hydrogen-bond donors (Lipinski definition) is 3. The average molecular weight is 818 g/mol. The average Bonchev–Trinajstić information content (AvgIpc) is 4.13. The number of rotatable bonds is 16. The molecule has 2 unspecified atom stereocenters. The first-order valence-electron chi connectivity index (χ1n) is 19.7. The zero-order chi connectivity index (χ0) is 40.9. The third-order valence-corrected chi connectivity index (χ3v) is 12.2. The van der Waals surface area contributed by atoms with Crippen LogP contribution in [0.15, 0.2) is 71.4 Å². The smallest absolute Gasteiger partial charge is 0.257 e. The molecule has 0 bridgehead atoms. The molecule has 3 fully saturated rings. The number of nitrogens with zero attached hydrogens (tertiary/aromatic N) is 2. The van der Waals surface area contributed by atoms with Gasteiger partial charge in [-0.05, 0) is 88.3 Å². The van der Waals surface area contributed by atoms with Crippen molar-refractivity contribution in [3.63, 3.8) is 0 Å². The lowest BCUT2D eigenvalue weighted by Crippen LogP contribution is -2.48.